The lowest BCUT2D eigenvalue weighted by Crippen LogP contribution is -2.33. The molecule has 0 saturated heterocycles. The summed E-state index contributed by atoms with van der Waals surface area (Å²) < 4.78 is 0. The Bertz CT molecular complexity index is 474. The maximum atomic E-state index is 9.23. The summed E-state index contributed by atoms with van der Waals surface area (Å²) in [6.45, 7) is 0.567. The van der Waals surface area contributed by atoms with Gasteiger partial charge in [-0.1, -0.05) is 42.5 Å². The van der Waals surface area contributed by atoms with E-state index in [0.717, 1.165) is 11.3 Å². The Labute approximate surface area is 101 Å². The summed E-state index contributed by atoms with van der Waals surface area (Å²) in [6.07, 6.45) is 0. The van der Waals surface area contributed by atoms with E-state index in [1.807, 2.05) is 42.5 Å². The number of nitrogens with one attached hydrogen (secondary N) is 1. The molecule has 0 amide bonds. The van der Waals surface area contributed by atoms with Crippen LogP contribution in [0.5, 0.6) is 0 Å². The third-order valence-electron chi connectivity index (χ3n) is 2.59. The topological polar surface area (TPSA) is 52.5 Å². The summed E-state index contributed by atoms with van der Waals surface area (Å²) in [5.41, 5.74) is 2.43. The molecule has 3 nitrogen and oxygen atoms in total. The average molecular weight is 227 g/mol. The van der Waals surface area contributed by atoms with Crippen molar-refractivity contribution < 1.29 is 10.0 Å². The van der Waals surface area contributed by atoms with E-state index in [-0.39, 0.29) is 0 Å². The number of para-hydroxylation sites is 1. The lowest BCUT2D eigenvalue weighted by Gasteiger charge is -2.10. The minimum absolute atomic E-state index is 0.538. The molecule has 0 atom stereocenters. The second-order valence-corrected chi connectivity index (χ2v) is 3.79. The van der Waals surface area contributed by atoms with Gasteiger partial charge in [-0.2, -0.15) is 0 Å². The van der Waals surface area contributed by atoms with Crippen molar-refractivity contribution in [2.45, 2.75) is 6.54 Å². The molecule has 4 heteroatoms. The van der Waals surface area contributed by atoms with Crippen molar-refractivity contribution in [3.8, 4) is 0 Å². The van der Waals surface area contributed by atoms with Crippen molar-refractivity contribution in [2.24, 2.45) is 0 Å². The smallest absolute Gasteiger partial charge is 0.423 e. The summed E-state index contributed by atoms with van der Waals surface area (Å²) in [7, 11) is -1.43. The highest BCUT2D eigenvalue weighted by Gasteiger charge is 2.14. The number of anilines is 1. The van der Waals surface area contributed by atoms with Gasteiger partial charge < -0.3 is 15.4 Å². The van der Waals surface area contributed by atoms with E-state index in [9.17, 15) is 10.0 Å². The molecule has 0 fully saturated rings. The molecule has 2 aromatic rings. The molecular weight excluding hydrogens is 213 g/mol. The van der Waals surface area contributed by atoms with Crippen molar-refractivity contribution >= 4 is 18.3 Å². The van der Waals surface area contributed by atoms with Crippen LogP contribution in [0.3, 0.4) is 0 Å². The summed E-state index contributed by atoms with van der Waals surface area (Å²) in [4.78, 5) is 0. The molecule has 0 aromatic heterocycles. The highest BCUT2D eigenvalue weighted by Crippen LogP contribution is 2.07. The van der Waals surface area contributed by atoms with Gasteiger partial charge in [-0.25, -0.2) is 0 Å². The molecule has 0 aliphatic carbocycles. The van der Waals surface area contributed by atoms with Crippen molar-refractivity contribution in [1.29, 1.82) is 0 Å². The summed E-state index contributed by atoms with van der Waals surface area (Å²) in [6, 6.07) is 17.1. The highest BCUT2D eigenvalue weighted by molar-refractivity contribution is 6.59. The minimum atomic E-state index is -1.43. The lowest BCUT2D eigenvalue weighted by atomic mass is 9.77. The van der Waals surface area contributed by atoms with E-state index >= 15 is 0 Å². The van der Waals surface area contributed by atoms with Gasteiger partial charge in [0.05, 0.1) is 0 Å². The zero-order valence-corrected chi connectivity index (χ0v) is 9.38. The SMILES string of the molecule is OB(O)c1ccccc1CNc1ccccc1. The second kappa shape index (κ2) is 5.52. The van der Waals surface area contributed by atoms with Gasteiger partial charge in [0.25, 0.3) is 0 Å². The van der Waals surface area contributed by atoms with Gasteiger partial charge in [0.15, 0.2) is 0 Å². The molecule has 0 unspecified atom stereocenters. The van der Waals surface area contributed by atoms with Crippen LogP contribution in [-0.2, 0) is 6.54 Å². The van der Waals surface area contributed by atoms with Crippen molar-refractivity contribution in [3.63, 3.8) is 0 Å². The van der Waals surface area contributed by atoms with Gasteiger partial charge in [-0.05, 0) is 23.2 Å². The number of rotatable bonds is 4. The van der Waals surface area contributed by atoms with Gasteiger partial charge in [0.1, 0.15) is 0 Å². The van der Waals surface area contributed by atoms with Crippen molar-refractivity contribution in [3.05, 3.63) is 60.2 Å². The number of hydrogen-bond acceptors (Lipinski definition) is 3. The van der Waals surface area contributed by atoms with E-state index in [1.165, 1.54) is 0 Å². The Hall–Kier alpha value is -1.78. The standard InChI is InChI=1S/C13H14BNO2/c16-14(17)13-9-5-4-6-11(13)10-15-12-7-2-1-3-8-12/h1-9,15-17H,10H2. The Kier molecular flexibility index (Phi) is 3.80. The monoisotopic (exact) mass is 227 g/mol. The molecule has 2 aromatic carbocycles. The number of hydrogen-bond donors (Lipinski definition) is 3. The fraction of sp³-hybridized carbons (Fsp3) is 0.0769. The molecular formula is C13H14BNO2. The van der Waals surface area contributed by atoms with E-state index < -0.39 is 7.12 Å². The summed E-state index contributed by atoms with van der Waals surface area (Å²) in [5.74, 6) is 0. The molecule has 0 aliphatic rings. The van der Waals surface area contributed by atoms with Crippen LogP contribution in [-0.4, -0.2) is 17.2 Å². The Morgan fingerprint density at radius 2 is 1.53 bits per heavy atom. The highest BCUT2D eigenvalue weighted by atomic mass is 16.4. The third kappa shape index (κ3) is 3.09. The molecule has 0 aliphatic heterocycles. The normalized spacial score (nSPS) is 10.0. The molecule has 0 radical (unpaired) electrons. The largest absolute Gasteiger partial charge is 0.488 e. The Balaban J connectivity index is 2.09. The van der Waals surface area contributed by atoms with Crippen LogP contribution in [0.4, 0.5) is 5.69 Å². The van der Waals surface area contributed by atoms with E-state index in [4.69, 9.17) is 0 Å². The Morgan fingerprint density at radius 1 is 0.882 bits per heavy atom. The van der Waals surface area contributed by atoms with Gasteiger partial charge in [0, 0.05) is 12.2 Å². The molecule has 2 rings (SSSR count). The van der Waals surface area contributed by atoms with Crippen LogP contribution in [0.1, 0.15) is 5.56 Å². The fourth-order valence-corrected chi connectivity index (χ4v) is 1.70. The zero-order chi connectivity index (χ0) is 12.1. The van der Waals surface area contributed by atoms with Crippen LogP contribution in [0.2, 0.25) is 0 Å². The van der Waals surface area contributed by atoms with Gasteiger partial charge in [-0.3, -0.25) is 0 Å². The summed E-state index contributed by atoms with van der Waals surface area (Å²) in [5, 5.41) is 21.7. The van der Waals surface area contributed by atoms with Crippen LogP contribution in [0.15, 0.2) is 54.6 Å². The molecule has 17 heavy (non-hydrogen) atoms. The van der Waals surface area contributed by atoms with E-state index in [0.29, 0.717) is 12.0 Å². The minimum Gasteiger partial charge on any atom is -0.423 e. The average Bonchev–Trinajstić information content (AvgIpc) is 2.38. The van der Waals surface area contributed by atoms with Crippen molar-refractivity contribution in [2.75, 3.05) is 5.32 Å². The molecule has 3 N–H and O–H groups in total. The number of benzene rings is 2. The quantitative estimate of drug-likeness (QED) is 0.682. The van der Waals surface area contributed by atoms with Crippen molar-refractivity contribution in [1.82, 2.24) is 0 Å². The van der Waals surface area contributed by atoms with Crippen LogP contribution < -0.4 is 10.8 Å². The molecule has 0 bridgehead atoms. The Morgan fingerprint density at radius 3 is 2.24 bits per heavy atom. The first-order valence-electron chi connectivity index (χ1n) is 5.50. The molecule has 0 heterocycles. The van der Waals surface area contributed by atoms with Gasteiger partial charge >= 0.3 is 7.12 Å². The maximum absolute atomic E-state index is 9.23. The first-order chi connectivity index (χ1) is 8.27. The van der Waals surface area contributed by atoms with Crippen LogP contribution in [0.25, 0.3) is 0 Å². The van der Waals surface area contributed by atoms with E-state index in [2.05, 4.69) is 5.32 Å². The predicted octanol–water partition coefficient (Wildman–Crippen LogP) is 0.978. The zero-order valence-electron chi connectivity index (χ0n) is 9.38. The molecule has 0 saturated carbocycles. The lowest BCUT2D eigenvalue weighted by molar-refractivity contribution is 0.425. The molecule has 0 spiro atoms. The second-order valence-electron chi connectivity index (χ2n) is 3.79. The first kappa shape index (κ1) is 11.7. The van der Waals surface area contributed by atoms with Gasteiger partial charge in [0.2, 0.25) is 0 Å². The first-order valence-corrected chi connectivity index (χ1v) is 5.50. The van der Waals surface area contributed by atoms with Crippen LogP contribution in [0, 0.1) is 0 Å². The molecule has 86 valence electrons. The van der Waals surface area contributed by atoms with Gasteiger partial charge in [-0.15, -0.1) is 0 Å². The summed E-state index contributed by atoms with van der Waals surface area (Å²) >= 11 is 0. The van der Waals surface area contributed by atoms with Crippen LogP contribution >= 0.6 is 0 Å². The van der Waals surface area contributed by atoms with E-state index in [1.54, 1.807) is 12.1 Å². The maximum Gasteiger partial charge on any atom is 0.488 e. The third-order valence-corrected chi connectivity index (χ3v) is 2.59. The fourth-order valence-electron chi connectivity index (χ4n) is 1.70. The predicted molar refractivity (Wildman–Crippen MR) is 70.0 cm³/mol.